The molecule has 2 rings (SSSR count). The highest BCUT2D eigenvalue weighted by Gasteiger charge is 2.33. The lowest BCUT2D eigenvalue weighted by atomic mass is 10.5. The molecule has 0 amide bonds. The number of H-pyrrole nitrogens is 1. The summed E-state index contributed by atoms with van der Waals surface area (Å²) in [5.74, 6) is 0.172. The fourth-order valence-electron chi connectivity index (χ4n) is 0.953. The summed E-state index contributed by atoms with van der Waals surface area (Å²) in [6, 6.07) is 0. The smallest absolute Gasteiger partial charge is 0.334 e. The molecule has 2 aromatic rings. The van der Waals surface area contributed by atoms with Gasteiger partial charge in [-0.05, 0) is 15.9 Å². The predicted octanol–water partition coefficient (Wildman–Crippen LogP) is 4.34. The number of rotatable bonds is 1. The fraction of sp³-hybridized carbons (Fsp3) is 0.333. The molecular weight excluding hydrogens is 319 g/mol. The summed E-state index contributed by atoms with van der Waals surface area (Å²) >= 11 is 4.33. The van der Waals surface area contributed by atoms with E-state index in [1.165, 1.54) is 17.5 Å². The van der Waals surface area contributed by atoms with Crippen molar-refractivity contribution in [3.8, 4) is 10.7 Å². The first-order chi connectivity index (χ1) is 7.97. The Balaban J connectivity index is 0.000000686. The number of nitrogens with zero attached hydrogens (tertiary/aromatic N) is 2. The SMILES string of the molecule is CC.FC(F)(F)c1cnc(-c2cnc(Br)s2)[nH]1. The Morgan fingerprint density at radius 2 is 1.88 bits per heavy atom. The number of hydrogen-bond acceptors (Lipinski definition) is 3. The minimum absolute atomic E-state index is 0.172. The third kappa shape index (κ3) is 3.53. The van der Waals surface area contributed by atoms with Crippen molar-refractivity contribution in [2.24, 2.45) is 0 Å². The molecule has 94 valence electrons. The van der Waals surface area contributed by atoms with Gasteiger partial charge in [0, 0.05) is 0 Å². The largest absolute Gasteiger partial charge is 0.432 e. The maximum Gasteiger partial charge on any atom is 0.432 e. The van der Waals surface area contributed by atoms with Crippen LogP contribution in [0.1, 0.15) is 19.5 Å². The minimum Gasteiger partial charge on any atom is -0.334 e. The van der Waals surface area contributed by atoms with Crippen LogP contribution in [0.25, 0.3) is 10.7 Å². The average molecular weight is 328 g/mol. The van der Waals surface area contributed by atoms with Crippen molar-refractivity contribution in [2.45, 2.75) is 20.0 Å². The Bertz CT molecular complexity index is 478. The fourth-order valence-corrected chi connectivity index (χ4v) is 2.17. The van der Waals surface area contributed by atoms with Crippen molar-refractivity contribution in [2.75, 3.05) is 0 Å². The summed E-state index contributed by atoms with van der Waals surface area (Å²) in [7, 11) is 0. The van der Waals surface area contributed by atoms with Crippen LogP contribution in [0, 0.1) is 0 Å². The minimum atomic E-state index is -4.40. The monoisotopic (exact) mass is 327 g/mol. The highest BCUT2D eigenvalue weighted by Crippen LogP contribution is 2.31. The van der Waals surface area contributed by atoms with Crippen molar-refractivity contribution in [3.63, 3.8) is 0 Å². The van der Waals surface area contributed by atoms with E-state index in [2.05, 4.69) is 30.9 Å². The van der Waals surface area contributed by atoms with Crippen molar-refractivity contribution in [1.29, 1.82) is 0 Å². The molecule has 0 aliphatic heterocycles. The molecule has 0 aliphatic rings. The van der Waals surface area contributed by atoms with Crippen molar-refractivity contribution in [1.82, 2.24) is 15.0 Å². The number of thiazole rings is 1. The highest BCUT2D eigenvalue weighted by atomic mass is 79.9. The topological polar surface area (TPSA) is 41.6 Å². The summed E-state index contributed by atoms with van der Waals surface area (Å²) in [5.41, 5.74) is -0.859. The number of alkyl halides is 3. The van der Waals surface area contributed by atoms with Gasteiger partial charge in [-0.25, -0.2) is 9.97 Å². The van der Waals surface area contributed by atoms with Crippen LogP contribution in [0.2, 0.25) is 0 Å². The van der Waals surface area contributed by atoms with Gasteiger partial charge in [-0.15, -0.1) is 11.3 Å². The zero-order valence-corrected chi connectivity index (χ0v) is 11.4. The van der Waals surface area contributed by atoms with Gasteiger partial charge in [0.2, 0.25) is 0 Å². The van der Waals surface area contributed by atoms with Crippen molar-refractivity contribution >= 4 is 27.3 Å². The molecule has 1 N–H and O–H groups in total. The maximum atomic E-state index is 12.2. The number of aromatic amines is 1. The summed E-state index contributed by atoms with van der Waals surface area (Å²) in [6.07, 6.45) is -2.18. The van der Waals surface area contributed by atoms with E-state index >= 15 is 0 Å². The molecule has 0 unspecified atom stereocenters. The van der Waals surface area contributed by atoms with Crippen LogP contribution in [0.5, 0.6) is 0 Å². The summed E-state index contributed by atoms with van der Waals surface area (Å²) in [6.45, 7) is 4.00. The zero-order chi connectivity index (χ0) is 13.1. The Morgan fingerprint density at radius 1 is 1.24 bits per heavy atom. The molecule has 0 bridgehead atoms. The van der Waals surface area contributed by atoms with Gasteiger partial charge in [-0.2, -0.15) is 13.2 Å². The van der Waals surface area contributed by atoms with Gasteiger partial charge >= 0.3 is 6.18 Å². The third-order valence-corrected chi connectivity index (χ3v) is 3.07. The average Bonchev–Trinajstić information content (AvgIpc) is 2.87. The number of imidazole rings is 1. The van der Waals surface area contributed by atoms with Gasteiger partial charge in [-0.1, -0.05) is 13.8 Å². The summed E-state index contributed by atoms with van der Waals surface area (Å²) in [5, 5.41) is 0. The van der Waals surface area contributed by atoms with E-state index in [1.807, 2.05) is 13.8 Å². The van der Waals surface area contributed by atoms with Crippen LogP contribution in [0.15, 0.2) is 16.3 Å². The van der Waals surface area contributed by atoms with E-state index in [9.17, 15) is 13.2 Å². The molecular formula is C9H9BrF3N3S. The molecule has 0 saturated heterocycles. The molecule has 0 radical (unpaired) electrons. The quantitative estimate of drug-likeness (QED) is 0.846. The molecule has 2 aromatic heterocycles. The van der Waals surface area contributed by atoms with Crippen LogP contribution in [-0.4, -0.2) is 15.0 Å². The molecule has 8 heteroatoms. The van der Waals surface area contributed by atoms with Crippen LogP contribution < -0.4 is 0 Å². The summed E-state index contributed by atoms with van der Waals surface area (Å²) < 4.78 is 37.3. The van der Waals surface area contributed by atoms with Crippen LogP contribution in [-0.2, 0) is 6.18 Å². The molecule has 17 heavy (non-hydrogen) atoms. The lowest BCUT2D eigenvalue weighted by Crippen LogP contribution is -2.04. The Kier molecular flexibility index (Phi) is 4.70. The van der Waals surface area contributed by atoms with E-state index in [0.717, 1.165) is 6.20 Å². The third-order valence-electron chi connectivity index (χ3n) is 1.59. The molecule has 0 aromatic carbocycles. The molecule has 2 heterocycles. The molecule has 0 spiro atoms. The molecule has 0 fully saturated rings. The first-order valence-electron chi connectivity index (χ1n) is 4.71. The second-order valence-electron chi connectivity index (χ2n) is 2.62. The van der Waals surface area contributed by atoms with E-state index in [4.69, 9.17) is 0 Å². The Labute approximate surface area is 108 Å². The van der Waals surface area contributed by atoms with Gasteiger partial charge in [0.1, 0.15) is 11.5 Å². The molecule has 3 nitrogen and oxygen atoms in total. The highest BCUT2D eigenvalue weighted by molar-refractivity contribution is 9.11. The second kappa shape index (κ2) is 5.63. The van der Waals surface area contributed by atoms with E-state index in [0.29, 0.717) is 8.79 Å². The maximum absolute atomic E-state index is 12.2. The zero-order valence-electron chi connectivity index (χ0n) is 8.97. The van der Waals surface area contributed by atoms with Crippen LogP contribution >= 0.6 is 27.3 Å². The molecule has 0 saturated carbocycles. The lowest BCUT2D eigenvalue weighted by molar-refractivity contribution is -0.140. The normalized spacial score (nSPS) is 10.9. The second-order valence-corrected chi connectivity index (χ2v) is 4.93. The van der Waals surface area contributed by atoms with Gasteiger partial charge < -0.3 is 4.98 Å². The Hall–Kier alpha value is -0.890. The number of halogens is 4. The van der Waals surface area contributed by atoms with Gasteiger partial charge in [0.05, 0.1) is 17.3 Å². The van der Waals surface area contributed by atoms with Crippen molar-refractivity contribution < 1.29 is 13.2 Å². The summed E-state index contributed by atoms with van der Waals surface area (Å²) in [4.78, 5) is 10.2. The molecule has 0 aliphatic carbocycles. The van der Waals surface area contributed by atoms with Crippen molar-refractivity contribution in [3.05, 3.63) is 22.0 Å². The van der Waals surface area contributed by atoms with Crippen LogP contribution in [0.3, 0.4) is 0 Å². The van der Waals surface area contributed by atoms with Gasteiger partial charge in [0.25, 0.3) is 0 Å². The van der Waals surface area contributed by atoms with Crippen LogP contribution in [0.4, 0.5) is 13.2 Å². The number of hydrogen-bond donors (Lipinski definition) is 1. The first-order valence-corrected chi connectivity index (χ1v) is 6.31. The standard InChI is InChI=1S/C7H3BrF3N3S.C2H6/c8-6-13-1-3(15-6)5-12-2-4(14-5)7(9,10)11;1-2/h1-2H,(H,12,14);1-2H3. The van der Waals surface area contributed by atoms with Gasteiger partial charge in [-0.3, -0.25) is 0 Å². The Morgan fingerprint density at radius 3 is 2.29 bits per heavy atom. The first kappa shape index (κ1) is 14.2. The van der Waals surface area contributed by atoms with E-state index < -0.39 is 11.9 Å². The van der Waals surface area contributed by atoms with Gasteiger partial charge in [0.15, 0.2) is 3.92 Å². The lowest BCUT2D eigenvalue weighted by Gasteiger charge is -2.00. The number of aromatic nitrogens is 3. The predicted molar refractivity (Wildman–Crippen MR) is 63.7 cm³/mol. The number of nitrogens with one attached hydrogen (secondary N) is 1. The van der Waals surface area contributed by atoms with E-state index in [1.54, 1.807) is 0 Å². The molecule has 0 atom stereocenters. The van der Waals surface area contributed by atoms with E-state index in [-0.39, 0.29) is 5.82 Å².